The number of anilines is 1. The summed E-state index contributed by atoms with van der Waals surface area (Å²) in [6.45, 7) is 5.43. The van der Waals surface area contributed by atoms with E-state index in [9.17, 15) is 9.59 Å². The summed E-state index contributed by atoms with van der Waals surface area (Å²) < 4.78 is 12.1. The van der Waals surface area contributed by atoms with Crippen LogP contribution in [-0.4, -0.2) is 32.7 Å². The minimum Gasteiger partial charge on any atom is -0.456 e. The monoisotopic (exact) mass is 526 g/mol. The molecule has 5 aromatic rings. The third-order valence-corrected chi connectivity index (χ3v) is 6.48. The van der Waals surface area contributed by atoms with Gasteiger partial charge in [-0.15, -0.1) is 21.5 Å². The van der Waals surface area contributed by atoms with Crippen LogP contribution in [0.5, 0.6) is 0 Å². The fourth-order valence-electron chi connectivity index (χ4n) is 3.79. The lowest BCUT2D eigenvalue weighted by molar-refractivity contribution is -0.115. The number of aromatic nitrogens is 3. The third kappa shape index (κ3) is 6.30. The molecular formula is C29H26N4O4S. The van der Waals surface area contributed by atoms with Crippen LogP contribution in [0.3, 0.4) is 0 Å². The Balaban J connectivity index is 1.18. The van der Waals surface area contributed by atoms with Crippen molar-refractivity contribution in [2.75, 3.05) is 5.32 Å². The number of carbonyl (C=O) groups is 2. The standard InChI is InChI=1S/C29H26N4O4S/c1-29(2,3)37-28(35)19-9-12-21(13-10-19)30-24(34)16-25-32-33-26(36-25)17-27-31-22-14-11-20(15-23(22)38-27)18-7-5-4-6-8-18/h4-15H,16-17H2,1-3H3,(H,30,34). The van der Waals surface area contributed by atoms with Crippen molar-refractivity contribution >= 4 is 39.1 Å². The first-order chi connectivity index (χ1) is 18.2. The number of rotatable bonds is 7. The van der Waals surface area contributed by atoms with Crippen LogP contribution in [-0.2, 0) is 22.4 Å². The van der Waals surface area contributed by atoms with E-state index < -0.39 is 11.6 Å². The summed E-state index contributed by atoms with van der Waals surface area (Å²) in [6.07, 6.45) is 0.321. The summed E-state index contributed by atoms with van der Waals surface area (Å²) in [5.41, 5.74) is 3.59. The molecule has 192 valence electrons. The van der Waals surface area contributed by atoms with Gasteiger partial charge in [0, 0.05) is 5.69 Å². The van der Waals surface area contributed by atoms with Crippen molar-refractivity contribution in [1.82, 2.24) is 15.2 Å². The van der Waals surface area contributed by atoms with Crippen molar-refractivity contribution in [3.63, 3.8) is 0 Å². The summed E-state index contributed by atoms with van der Waals surface area (Å²) in [7, 11) is 0. The number of esters is 1. The van der Waals surface area contributed by atoms with Crippen molar-refractivity contribution in [2.45, 2.75) is 39.2 Å². The molecule has 2 heterocycles. The quantitative estimate of drug-likeness (QED) is 0.256. The van der Waals surface area contributed by atoms with Crippen molar-refractivity contribution in [1.29, 1.82) is 0 Å². The molecule has 0 radical (unpaired) electrons. The number of fused-ring (bicyclic) bond motifs is 1. The molecule has 1 amide bonds. The van der Waals surface area contributed by atoms with E-state index in [-0.39, 0.29) is 18.2 Å². The predicted molar refractivity (Wildman–Crippen MR) is 146 cm³/mol. The Kier molecular flexibility index (Phi) is 7.02. The smallest absolute Gasteiger partial charge is 0.338 e. The molecule has 0 atom stereocenters. The van der Waals surface area contributed by atoms with Gasteiger partial charge >= 0.3 is 5.97 Å². The minimum atomic E-state index is -0.578. The molecule has 9 heteroatoms. The van der Waals surface area contributed by atoms with E-state index in [1.54, 1.807) is 35.6 Å². The first-order valence-corrected chi connectivity index (χ1v) is 12.9. The highest BCUT2D eigenvalue weighted by molar-refractivity contribution is 7.18. The predicted octanol–water partition coefficient (Wildman–Crippen LogP) is 6.07. The van der Waals surface area contributed by atoms with Crippen LogP contribution in [0.4, 0.5) is 5.69 Å². The average Bonchev–Trinajstić information content (AvgIpc) is 3.49. The van der Waals surface area contributed by atoms with Crippen LogP contribution in [0.1, 0.15) is 47.9 Å². The van der Waals surface area contributed by atoms with Gasteiger partial charge in [-0.1, -0.05) is 36.4 Å². The molecule has 0 saturated heterocycles. The zero-order chi connectivity index (χ0) is 26.7. The second-order valence-corrected chi connectivity index (χ2v) is 10.8. The summed E-state index contributed by atoms with van der Waals surface area (Å²) in [5, 5.41) is 11.7. The third-order valence-electron chi connectivity index (χ3n) is 5.47. The molecule has 3 aromatic carbocycles. The van der Waals surface area contributed by atoms with E-state index in [1.807, 2.05) is 45.0 Å². The van der Waals surface area contributed by atoms with Gasteiger partial charge in [-0.05, 0) is 68.3 Å². The molecule has 0 aliphatic rings. The van der Waals surface area contributed by atoms with E-state index in [4.69, 9.17) is 9.15 Å². The summed E-state index contributed by atoms with van der Waals surface area (Å²) >= 11 is 1.58. The molecule has 0 aliphatic heterocycles. The fourth-order valence-corrected chi connectivity index (χ4v) is 4.79. The molecule has 2 aromatic heterocycles. The first kappa shape index (κ1) is 25.3. The van der Waals surface area contributed by atoms with Gasteiger partial charge in [-0.2, -0.15) is 0 Å². The normalized spacial score (nSPS) is 11.4. The summed E-state index contributed by atoms with van der Waals surface area (Å²) in [5.74, 6) is -0.107. The first-order valence-electron chi connectivity index (χ1n) is 12.1. The Labute approximate surface area is 223 Å². The Morgan fingerprint density at radius 2 is 1.66 bits per heavy atom. The van der Waals surface area contributed by atoms with Crippen LogP contribution < -0.4 is 5.32 Å². The number of ether oxygens (including phenoxy) is 1. The van der Waals surface area contributed by atoms with Crippen molar-refractivity contribution in [3.8, 4) is 11.1 Å². The number of nitrogens with one attached hydrogen (secondary N) is 1. The van der Waals surface area contributed by atoms with Crippen molar-refractivity contribution in [2.24, 2.45) is 0 Å². The maximum absolute atomic E-state index is 12.5. The molecule has 0 bridgehead atoms. The highest BCUT2D eigenvalue weighted by atomic mass is 32.1. The maximum atomic E-state index is 12.5. The lowest BCUT2D eigenvalue weighted by Crippen LogP contribution is -2.23. The summed E-state index contributed by atoms with van der Waals surface area (Å²) in [4.78, 5) is 29.3. The van der Waals surface area contributed by atoms with Crippen molar-refractivity contribution in [3.05, 3.63) is 95.1 Å². The Bertz CT molecular complexity index is 1580. The number of amides is 1. The molecule has 0 fully saturated rings. The van der Waals surface area contributed by atoms with Crippen LogP contribution in [0.25, 0.3) is 21.3 Å². The Hall–Kier alpha value is -4.37. The van der Waals surface area contributed by atoms with E-state index >= 15 is 0 Å². The van der Waals surface area contributed by atoms with E-state index in [1.165, 1.54) is 0 Å². The molecular weight excluding hydrogens is 500 g/mol. The molecule has 0 saturated carbocycles. The Morgan fingerprint density at radius 3 is 2.39 bits per heavy atom. The lowest BCUT2D eigenvalue weighted by atomic mass is 10.1. The minimum absolute atomic E-state index is 0.0684. The second-order valence-electron chi connectivity index (χ2n) is 9.73. The highest BCUT2D eigenvalue weighted by Gasteiger charge is 2.18. The van der Waals surface area contributed by atoms with E-state index in [2.05, 4.69) is 44.8 Å². The van der Waals surface area contributed by atoms with Crippen LogP contribution in [0.2, 0.25) is 0 Å². The molecule has 8 nitrogen and oxygen atoms in total. The number of carbonyl (C=O) groups excluding carboxylic acids is 2. The zero-order valence-electron chi connectivity index (χ0n) is 21.2. The van der Waals surface area contributed by atoms with Gasteiger partial charge in [-0.25, -0.2) is 9.78 Å². The van der Waals surface area contributed by atoms with Crippen LogP contribution in [0.15, 0.2) is 77.2 Å². The number of nitrogens with zero attached hydrogens (tertiary/aromatic N) is 3. The van der Waals surface area contributed by atoms with Gasteiger partial charge in [0.25, 0.3) is 0 Å². The molecule has 38 heavy (non-hydrogen) atoms. The number of hydrogen-bond acceptors (Lipinski definition) is 8. The Morgan fingerprint density at radius 1 is 0.921 bits per heavy atom. The van der Waals surface area contributed by atoms with Gasteiger partial charge in [0.15, 0.2) is 0 Å². The van der Waals surface area contributed by atoms with Gasteiger partial charge in [-0.3, -0.25) is 4.79 Å². The van der Waals surface area contributed by atoms with Gasteiger partial charge in [0.1, 0.15) is 17.0 Å². The van der Waals surface area contributed by atoms with Crippen LogP contribution in [0, 0.1) is 0 Å². The second kappa shape index (κ2) is 10.5. The zero-order valence-corrected chi connectivity index (χ0v) is 22.0. The maximum Gasteiger partial charge on any atom is 0.338 e. The molecule has 1 N–H and O–H groups in total. The van der Waals surface area contributed by atoms with Gasteiger partial charge in [0.05, 0.1) is 22.2 Å². The van der Waals surface area contributed by atoms with Gasteiger partial charge in [0.2, 0.25) is 17.7 Å². The fraction of sp³-hybridized carbons (Fsp3) is 0.207. The average molecular weight is 527 g/mol. The number of thiazole rings is 1. The van der Waals surface area contributed by atoms with Crippen LogP contribution >= 0.6 is 11.3 Å². The molecule has 5 rings (SSSR count). The number of hydrogen-bond donors (Lipinski definition) is 1. The van der Waals surface area contributed by atoms with E-state index in [0.29, 0.717) is 23.6 Å². The lowest BCUT2D eigenvalue weighted by Gasteiger charge is -2.19. The molecule has 0 aliphatic carbocycles. The SMILES string of the molecule is CC(C)(C)OC(=O)c1ccc(NC(=O)Cc2nnc(Cc3nc4ccc(-c5ccccc5)cc4s3)o2)cc1. The topological polar surface area (TPSA) is 107 Å². The summed E-state index contributed by atoms with van der Waals surface area (Å²) in [6, 6.07) is 22.9. The van der Waals surface area contributed by atoms with Crippen molar-refractivity contribution < 1.29 is 18.7 Å². The highest BCUT2D eigenvalue weighted by Crippen LogP contribution is 2.29. The largest absolute Gasteiger partial charge is 0.456 e. The number of benzene rings is 3. The van der Waals surface area contributed by atoms with E-state index in [0.717, 1.165) is 26.4 Å². The molecule has 0 unspecified atom stereocenters. The molecule has 0 spiro atoms. The van der Waals surface area contributed by atoms with Gasteiger partial charge < -0.3 is 14.5 Å².